The van der Waals surface area contributed by atoms with Gasteiger partial charge < -0.3 is 5.32 Å². The van der Waals surface area contributed by atoms with Crippen LogP contribution in [0.25, 0.3) is 0 Å². The fraction of sp³-hybridized carbons (Fsp3) is 0.600. The van der Waals surface area contributed by atoms with Gasteiger partial charge in [-0.2, -0.15) is 0 Å². The Morgan fingerprint density at radius 3 is 2.42 bits per heavy atom. The number of nitrogens with one attached hydrogen (secondary N) is 1. The van der Waals surface area contributed by atoms with Crippen LogP contribution in [0.4, 0.5) is 4.39 Å². The molecule has 106 valence electrons. The van der Waals surface area contributed by atoms with Crippen molar-refractivity contribution in [3.05, 3.63) is 34.6 Å². The van der Waals surface area contributed by atoms with Gasteiger partial charge in [0.2, 0.25) is 0 Å². The quantitative estimate of drug-likeness (QED) is 0.895. The molecule has 1 saturated heterocycles. The van der Waals surface area contributed by atoms with Crippen LogP contribution < -0.4 is 5.32 Å². The van der Waals surface area contributed by atoms with E-state index in [1.54, 1.807) is 6.07 Å². The lowest BCUT2D eigenvalue weighted by Crippen LogP contribution is -2.48. The Morgan fingerprint density at radius 1 is 1.26 bits per heavy atom. The van der Waals surface area contributed by atoms with Gasteiger partial charge in [0.1, 0.15) is 5.82 Å². The maximum absolute atomic E-state index is 14.3. The third kappa shape index (κ3) is 3.47. The van der Waals surface area contributed by atoms with E-state index >= 15 is 0 Å². The Balaban J connectivity index is 2.36. The average molecular weight is 285 g/mol. The molecule has 2 rings (SSSR count). The van der Waals surface area contributed by atoms with E-state index in [9.17, 15) is 4.39 Å². The van der Waals surface area contributed by atoms with E-state index in [-0.39, 0.29) is 17.3 Å². The van der Waals surface area contributed by atoms with Gasteiger partial charge in [-0.15, -0.1) is 0 Å². The highest BCUT2D eigenvalue weighted by molar-refractivity contribution is 6.30. The van der Waals surface area contributed by atoms with Crippen LogP contribution in [-0.4, -0.2) is 31.1 Å². The van der Waals surface area contributed by atoms with Crippen LogP contribution in [0.5, 0.6) is 0 Å². The first-order valence-electron chi connectivity index (χ1n) is 6.79. The van der Waals surface area contributed by atoms with Gasteiger partial charge in [-0.05, 0) is 17.5 Å². The van der Waals surface area contributed by atoms with E-state index in [2.05, 4.69) is 31.0 Å². The summed E-state index contributed by atoms with van der Waals surface area (Å²) in [6, 6.07) is 5.10. The normalized spacial score (nSPS) is 19.4. The fourth-order valence-corrected chi connectivity index (χ4v) is 3.03. The van der Waals surface area contributed by atoms with Gasteiger partial charge in [0, 0.05) is 42.8 Å². The lowest BCUT2D eigenvalue weighted by Gasteiger charge is -2.42. The largest absolute Gasteiger partial charge is 0.314 e. The maximum atomic E-state index is 14.3. The van der Waals surface area contributed by atoms with Gasteiger partial charge in [0.05, 0.1) is 0 Å². The lowest BCUT2D eigenvalue weighted by molar-refractivity contribution is 0.0834. The monoisotopic (exact) mass is 284 g/mol. The predicted octanol–water partition coefficient (Wildman–Crippen LogP) is 3.47. The highest BCUT2D eigenvalue weighted by Gasteiger charge is 2.34. The molecule has 0 aliphatic carbocycles. The second kappa shape index (κ2) is 5.78. The standard InChI is InChI=1S/C15H22ClFN2/c1-15(2,3)14(19-8-6-18-7-9-19)12-5-4-11(16)10-13(12)17/h4-5,10,14,18H,6-9H2,1-3H3/t14-/m0/s1. The smallest absolute Gasteiger partial charge is 0.129 e. The molecular weight excluding hydrogens is 263 g/mol. The fourth-order valence-electron chi connectivity index (χ4n) is 2.87. The second-order valence-electron chi connectivity index (χ2n) is 6.22. The minimum absolute atomic E-state index is 0.0218. The number of hydrogen-bond acceptors (Lipinski definition) is 2. The Morgan fingerprint density at radius 2 is 1.89 bits per heavy atom. The topological polar surface area (TPSA) is 15.3 Å². The van der Waals surface area contributed by atoms with Gasteiger partial charge in [0.15, 0.2) is 0 Å². The third-order valence-corrected chi connectivity index (χ3v) is 3.83. The SMILES string of the molecule is CC(C)(C)[C@H](c1ccc(Cl)cc1F)N1CCNCC1. The van der Waals surface area contributed by atoms with Crippen molar-refractivity contribution in [2.24, 2.45) is 5.41 Å². The zero-order chi connectivity index (χ0) is 14.0. The predicted molar refractivity (Wildman–Crippen MR) is 78.0 cm³/mol. The first-order chi connectivity index (χ1) is 8.89. The summed E-state index contributed by atoms with van der Waals surface area (Å²) in [7, 11) is 0. The first kappa shape index (κ1) is 14.8. The Kier molecular flexibility index (Phi) is 4.49. The molecule has 1 aromatic carbocycles. The minimum atomic E-state index is -0.203. The first-order valence-corrected chi connectivity index (χ1v) is 7.17. The van der Waals surface area contributed by atoms with Crippen molar-refractivity contribution in [1.82, 2.24) is 10.2 Å². The molecular formula is C15H22ClFN2. The third-order valence-electron chi connectivity index (χ3n) is 3.59. The molecule has 2 nitrogen and oxygen atoms in total. The molecule has 0 radical (unpaired) electrons. The molecule has 4 heteroatoms. The number of benzene rings is 1. The van der Waals surface area contributed by atoms with Gasteiger partial charge in [-0.25, -0.2) is 4.39 Å². The molecule has 0 spiro atoms. The maximum Gasteiger partial charge on any atom is 0.129 e. The minimum Gasteiger partial charge on any atom is -0.314 e. The zero-order valence-electron chi connectivity index (χ0n) is 11.8. The van der Waals surface area contributed by atoms with E-state index in [0.29, 0.717) is 5.02 Å². The van der Waals surface area contributed by atoms with Gasteiger partial charge >= 0.3 is 0 Å². The highest BCUT2D eigenvalue weighted by atomic mass is 35.5. The molecule has 19 heavy (non-hydrogen) atoms. The van der Waals surface area contributed by atoms with Crippen molar-refractivity contribution in [3.63, 3.8) is 0 Å². The van der Waals surface area contributed by atoms with Crippen molar-refractivity contribution in [1.29, 1.82) is 0 Å². The molecule has 1 atom stereocenters. The van der Waals surface area contributed by atoms with E-state index < -0.39 is 0 Å². The Hall–Kier alpha value is -0.640. The second-order valence-corrected chi connectivity index (χ2v) is 6.66. The van der Waals surface area contributed by atoms with Crippen LogP contribution in [0.15, 0.2) is 18.2 Å². The van der Waals surface area contributed by atoms with E-state index in [1.807, 2.05) is 6.07 Å². The number of hydrogen-bond donors (Lipinski definition) is 1. The van der Waals surface area contributed by atoms with Crippen LogP contribution in [0.1, 0.15) is 32.4 Å². The van der Waals surface area contributed by atoms with Crippen LogP contribution in [0.2, 0.25) is 5.02 Å². The number of rotatable bonds is 2. The zero-order valence-corrected chi connectivity index (χ0v) is 12.6. The van der Waals surface area contributed by atoms with Gasteiger partial charge in [-0.3, -0.25) is 4.90 Å². The van der Waals surface area contributed by atoms with Crippen molar-refractivity contribution in [2.45, 2.75) is 26.8 Å². The summed E-state index contributed by atoms with van der Waals surface area (Å²) < 4.78 is 14.3. The molecule has 0 bridgehead atoms. The lowest BCUT2D eigenvalue weighted by atomic mass is 9.80. The molecule has 1 fully saturated rings. The molecule has 0 saturated carbocycles. The average Bonchev–Trinajstić information content (AvgIpc) is 2.32. The Labute approximate surface area is 119 Å². The Bertz CT molecular complexity index is 436. The number of halogens is 2. The van der Waals surface area contributed by atoms with Crippen LogP contribution >= 0.6 is 11.6 Å². The summed E-state index contributed by atoms with van der Waals surface area (Å²) in [6.45, 7) is 10.3. The number of piperazine rings is 1. The number of nitrogens with zero attached hydrogens (tertiary/aromatic N) is 1. The molecule has 1 N–H and O–H groups in total. The molecule has 0 aromatic heterocycles. The summed E-state index contributed by atoms with van der Waals surface area (Å²) in [6.07, 6.45) is 0. The molecule has 1 aromatic rings. The van der Waals surface area contributed by atoms with Crippen molar-refractivity contribution >= 4 is 11.6 Å². The van der Waals surface area contributed by atoms with Crippen molar-refractivity contribution in [3.8, 4) is 0 Å². The molecule has 0 unspecified atom stereocenters. The summed E-state index contributed by atoms with van der Waals surface area (Å²) in [5.74, 6) is -0.203. The van der Waals surface area contributed by atoms with Crippen molar-refractivity contribution in [2.75, 3.05) is 26.2 Å². The van der Waals surface area contributed by atoms with Crippen LogP contribution in [-0.2, 0) is 0 Å². The molecule has 0 amide bonds. The summed E-state index contributed by atoms with van der Waals surface area (Å²) in [5.41, 5.74) is 0.727. The van der Waals surface area contributed by atoms with Gasteiger partial charge in [-0.1, -0.05) is 38.4 Å². The summed E-state index contributed by atoms with van der Waals surface area (Å²) >= 11 is 5.86. The summed E-state index contributed by atoms with van der Waals surface area (Å²) in [5, 5.41) is 3.79. The van der Waals surface area contributed by atoms with E-state index in [0.717, 1.165) is 31.7 Å². The van der Waals surface area contributed by atoms with E-state index in [4.69, 9.17) is 11.6 Å². The van der Waals surface area contributed by atoms with Crippen molar-refractivity contribution < 1.29 is 4.39 Å². The van der Waals surface area contributed by atoms with Crippen LogP contribution in [0.3, 0.4) is 0 Å². The molecule has 1 aliphatic rings. The van der Waals surface area contributed by atoms with E-state index in [1.165, 1.54) is 6.07 Å². The highest BCUT2D eigenvalue weighted by Crippen LogP contribution is 2.39. The van der Waals surface area contributed by atoms with Gasteiger partial charge in [0.25, 0.3) is 0 Å². The van der Waals surface area contributed by atoms with Crippen LogP contribution in [0, 0.1) is 11.2 Å². The summed E-state index contributed by atoms with van der Waals surface area (Å²) in [4.78, 5) is 2.36. The molecule has 1 aliphatic heterocycles. The molecule has 1 heterocycles.